The van der Waals surface area contributed by atoms with Crippen molar-refractivity contribution in [1.29, 1.82) is 0 Å². The molecule has 82 valence electrons. The van der Waals surface area contributed by atoms with E-state index in [1.165, 1.54) is 25.7 Å². The van der Waals surface area contributed by atoms with Crippen molar-refractivity contribution < 1.29 is 0 Å². The Labute approximate surface area is 93.1 Å². The van der Waals surface area contributed by atoms with Crippen LogP contribution in [0.2, 0.25) is 5.21 Å². The topological polar surface area (TPSA) is 0 Å². The molecule has 0 nitrogen and oxygen atoms in total. The Balaban J connectivity index is 4.65. The van der Waals surface area contributed by atoms with Crippen molar-refractivity contribution in [3.63, 3.8) is 0 Å². The smallest absolute Gasteiger partial charge is 0.0772 e. The molecule has 0 heterocycles. The van der Waals surface area contributed by atoms with E-state index in [1.54, 1.807) is 0 Å². The minimum absolute atomic E-state index is 0.455. The summed E-state index contributed by atoms with van der Waals surface area (Å²) in [6, 6.07) is 0. The molecule has 0 saturated heterocycles. The van der Waals surface area contributed by atoms with Crippen LogP contribution in [0.4, 0.5) is 0 Å². The van der Waals surface area contributed by atoms with Crippen molar-refractivity contribution in [3.8, 4) is 0 Å². The van der Waals surface area contributed by atoms with E-state index in [-0.39, 0.29) is 0 Å². The highest BCUT2D eigenvalue weighted by Gasteiger charge is 2.40. The van der Waals surface area contributed by atoms with Crippen molar-refractivity contribution in [2.45, 2.75) is 65.5 Å². The maximum absolute atomic E-state index is 2.47. The summed E-state index contributed by atoms with van der Waals surface area (Å²) in [6.45, 7) is 11.8. The Kier molecular flexibility index (Phi) is 5.33. The van der Waals surface area contributed by atoms with Crippen molar-refractivity contribution in [1.82, 2.24) is 0 Å². The molecule has 0 fully saturated rings. The summed E-state index contributed by atoms with van der Waals surface area (Å²) < 4.78 is 0. The quantitative estimate of drug-likeness (QED) is 0.570. The number of rotatable bonds is 6. The molecule has 0 aromatic heterocycles. The van der Waals surface area contributed by atoms with E-state index in [1.807, 2.05) is 0 Å². The second-order valence-corrected chi connectivity index (χ2v) is 5.89. The summed E-state index contributed by atoms with van der Waals surface area (Å²) in [5, 5.41) is 0.455. The summed E-state index contributed by atoms with van der Waals surface area (Å²) in [5.41, 5.74) is 0.511. The highest BCUT2D eigenvalue weighted by Crippen LogP contribution is 2.51. The van der Waals surface area contributed by atoms with Gasteiger partial charge in [-0.2, -0.15) is 0 Å². The van der Waals surface area contributed by atoms with Crippen LogP contribution in [0.15, 0.2) is 0 Å². The van der Waals surface area contributed by atoms with Gasteiger partial charge in [-0.1, -0.05) is 65.0 Å². The largest absolute Gasteiger partial charge is 0.100 e. The monoisotopic (exact) mass is 194 g/mol. The molecule has 14 heavy (non-hydrogen) atoms. The van der Waals surface area contributed by atoms with E-state index in [4.69, 9.17) is 0 Å². The maximum atomic E-state index is 2.47. The first-order chi connectivity index (χ1) is 6.31. The van der Waals surface area contributed by atoms with Gasteiger partial charge in [0, 0.05) is 0 Å². The molecule has 0 aromatic rings. The Morgan fingerprint density at radius 2 is 1.64 bits per heavy atom. The van der Waals surface area contributed by atoms with Crippen molar-refractivity contribution in [3.05, 3.63) is 0 Å². The van der Waals surface area contributed by atoms with E-state index in [0.29, 0.717) is 10.6 Å². The molecule has 0 aliphatic carbocycles. The van der Waals surface area contributed by atoms with Gasteiger partial charge in [0.05, 0.1) is 0 Å². The predicted molar refractivity (Wildman–Crippen MR) is 72.5 cm³/mol. The van der Waals surface area contributed by atoms with Crippen LogP contribution < -0.4 is 0 Å². The molecule has 0 aromatic carbocycles. The van der Waals surface area contributed by atoms with Gasteiger partial charge >= 0.3 is 0 Å². The summed E-state index contributed by atoms with van der Waals surface area (Å²) in [4.78, 5) is 0. The molecule has 0 aliphatic rings. The van der Waals surface area contributed by atoms with E-state index >= 15 is 0 Å². The standard InChI is InChI=1S/C12H28B2/c1-6-8-9-11(5,7-2)12(13,14)10(3)4/h10H,6-9,13-14H2,1-5H3. The van der Waals surface area contributed by atoms with Crippen molar-refractivity contribution in [2.24, 2.45) is 11.3 Å². The molecule has 0 saturated carbocycles. The molecule has 2 heteroatoms. The zero-order valence-electron chi connectivity index (χ0n) is 11.4. The molecule has 0 spiro atoms. The average molecular weight is 194 g/mol. The fourth-order valence-electron chi connectivity index (χ4n) is 2.22. The van der Waals surface area contributed by atoms with Crippen LogP contribution in [0, 0.1) is 11.3 Å². The van der Waals surface area contributed by atoms with Crippen LogP contribution in [-0.4, -0.2) is 15.7 Å². The minimum atomic E-state index is 0.455. The first kappa shape index (κ1) is 14.1. The van der Waals surface area contributed by atoms with Gasteiger partial charge in [0.15, 0.2) is 0 Å². The molecule has 1 unspecified atom stereocenters. The third-order valence-corrected chi connectivity index (χ3v) is 4.86. The lowest BCUT2D eigenvalue weighted by Crippen LogP contribution is -2.38. The zero-order valence-corrected chi connectivity index (χ0v) is 11.4. The molecule has 0 N–H and O–H groups in total. The third-order valence-electron chi connectivity index (χ3n) is 4.86. The number of unbranched alkanes of at least 4 members (excludes halogenated alkanes) is 1. The Hall–Kier alpha value is 0.130. The summed E-state index contributed by atoms with van der Waals surface area (Å²) in [6.07, 6.45) is 5.38. The summed E-state index contributed by atoms with van der Waals surface area (Å²) in [5.74, 6) is 0.768. The Bertz CT molecular complexity index is 164. The highest BCUT2D eigenvalue weighted by molar-refractivity contribution is 6.40. The van der Waals surface area contributed by atoms with Gasteiger partial charge in [0.25, 0.3) is 0 Å². The van der Waals surface area contributed by atoms with Crippen LogP contribution in [0.5, 0.6) is 0 Å². The molecule has 0 bridgehead atoms. The third kappa shape index (κ3) is 2.81. The normalized spacial score (nSPS) is 17.0. The molecule has 0 radical (unpaired) electrons. The molecule has 1 atom stereocenters. The van der Waals surface area contributed by atoms with Gasteiger partial charge in [-0.25, -0.2) is 0 Å². The SMILES string of the molecule is BC(B)(C(C)C)C(C)(CC)CCCC. The number of hydrogen-bond donors (Lipinski definition) is 0. The minimum Gasteiger partial charge on any atom is -0.0772 e. The van der Waals surface area contributed by atoms with Gasteiger partial charge in [-0.05, 0) is 11.8 Å². The van der Waals surface area contributed by atoms with Crippen LogP contribution in [0.3, 0.4) is 0 Å². The first-order valence-electron chi connectivity index (χ1n) is 6.31. The van der Waals surface area contributed by atoms with Gasteiger partial charge in [0.1, 0.15) is 15.7 Å². The van der Waals surface area contributed by atoms with Crippen LogP contribution >= 0.6 is 0 Å². The van der Waals surface area contributed by atoms with Crippen molar-refractivity contribution >= 4 is 15.7 Å². The molecule has 0 aliphatic heterocycles. The Morgan fingerprint density at radius 3 is 1.93 bits per heavy atom. The van der Waals surface area contributed by atoms with Crippen LogP contribution in [0.25, 0.3) is 0 Å². The predicted octanol–water partition coefficient (Wildman–Crippen LogP) is 2.63. The maximum Gasteiger partial charge on any atom is 0.100 e. The first-order valence-corrected chi connectivity index (χ1v) is 6.31. The fourth-order valence-corrected chi connectivity index (χ4v) is 2.22. The second kappa shape index (κ2) is 5.28. The molecular formula is C12H28B2. The van der Waals surface area contributed by atoms with Gasteiger partial charge in [0.2, 0.25) is 0 Å². The lowest BCUT2D eigenvalue weighted by Gasteiger charge is -2.48. The molecule has 0 amide bonds. The molecule has 0 rings (SSSR count). The van der Waals surface area contributed by atoms with Gasteiger partial charge in [-0.3, -0.25) is 0 Å². The highest BCUT2D eigenvalue weighted by atomic mass is 14.4. The zero-order chi connectivity index (χ0) is 11.4. The van der Waals surface area contributed by atoms with Crippen LogP contribution in [-0.2, 0) is 0 Å². The average Bonchev–Trinajstić information content (AvgIpc) is 2.13. The fraction of sp³-hybridized carbons (Fsp3) is 1.00. The van der Waals surface area contributed by atoms with Gasteiger partial charge < -0.3 is 0 Å². The van der Waals surface area contributed by atoms with E-state index < -0.39 is 0 Å². The van der Waals surface area contributed by atoms with Crippen LogP contribution in [0.1, 0.15) is 60.3 Å². The van der Waals surface area contributed by atoms with Crippen molar-refractivity contribution in [2.75, 3.05) is 0 Å². The van der Waals surface area contributed by atoms with E-state index in [0.717, 1.165) is 5.92 Å². The van der Waals surface area contributed by atoms with Gasteiger partial charge in [-0.15, -0.1) is 0 Å². The lowest BCUT2D eigenvalue weighted by molar-refractivity contribution is 0.192. The number of hydrogen-bond acceptors (Lipinski definition) is 0. The Morgan fingerprint density at radius 1 is 1.14 bits per heavy atom. The second-order valence-electron chi connectivity index (χ2n) is 5.89. The summed E-state index contributed by atoms with van der Waals surface area (Å²) >= 11 is 0. The van der Waals surface area contributed by atoms with E-state index in [9.17, 15) is 0 Å². The van der Waals surface area contributed by atoms with E-state index in [2.05, 4.69) is 50.3 Å². The summed E-state index contributed by atoms with van der Waals surface area (Å²) in [7, 11) is 4.88. The molecular weight excluding hydrogens is 166 g/mol. The lowest BCUT2D eigenvalue weighted by atomic mass is 9.37.